The molecule has 1 amide bonds. The number of nitrogens with zero attached hydrogens (tertiary/aromatic N) is 3. The van der Waals surface area contributed by atoms with Crippen LogP contribution in [-0.2, 0) is 11.3 Å². The molecule has 9 nitrogen and oxygen atoms in total. The van der Waals surface area contributed by atoms with Crippen LogP contribution in [0.3, 0.4) is 0 Å². The van der Waals surface area contributed by atoms with E-state index in [1.54, 1.807) is 35.9 Å². The van der Waals surface area contributed by atoms with Crippen LogP contribution in [0.5, 0.6) is 11.5 Å². The van der Waals surface area contributed by atoms with Gasteiger partial charge in [0.15, 0.2) is 4.80 Å². The number of amides is 1. The lowest BCUT2D eigenvalue weighted by Crippen LogP contribution is -2.19. The van der Waals surface area contributed by atoms with Gasteiger partial charge in [0, 0.05) is 37.4 Å². The van der Waals surface area contributed by atoms with Crippen molar-refractivity contribution in [1.29, 1.82) is 0 Å². The topological polar surface area (TPSA) is 105 Å². The van der Waals surface area contributed by atoms with E-state index in [9.17, 15) is 14.9 Å². The Morgan fingerprint density at radius 3 is 2.41 bits per heavy atom. The Kier molecular flexibility index (Phi) is 6.25. The molecule has 0 spiro atoms. The summed E-state index contributed by atoms with van der Waals surface area (Å²) in [6.07, 6.45) is 0. The molecule has 10 heteroatoms. The molecular formula is C19H19N3O6S. The van der Waals surface area contributed by atoms with Gasteiger partial charge >= 0.3 is 0 Å². The SMILES string of the molecule is COCCn1c(=NC(=O)c2cc(OC)cc(OC)c2)sc2ccc([N+](=O)[O-])cc21. The van der Waals surface area contributed by atoms with E-state index in [1.807, 2.05) is 0 Å². The highest BCUT2D eigenvalue weighted by molar-refractivity contribution is 7.16. The summed E-state index contributed by atoms with van der Waals surface area (Å²) in [6, 6.07) is 9.36. The van der Waals surface area contributed by atoms with Gasteiger partial charge in [0.25, 0.3) is 11.6 Å². The molecule has 2 aromatic carbocycles. The Labute approximate surface area is 169 Å². The molecule has 0 fully saturated rings. The largest absolute Gasteiger partial charge is 0.497 e. The van der Waals surface area contributed by atoms with E-state index in [-0.39, 0.29) is 5.69 Å². The lowest BCUT2D eigenvalue weighted by molar-refractivity contribution is -0.384. The van der Waals surface area contributed by atoms with Gasteiger partial charge < -0.3 is 18.8 Å². The van der Waals surface area contributed by atoms with Crippen molar-refractivity contribution in [2.24, 2.45) is 4.99 Å². The van der Waals surface area contributed by atoms with Crippen LogP contribution in [0.2, 0.25) is 0 Å². The number of carbonyl (C=O) groups is 1. The number of hydrogen-bond donors (Lipinski definition) is 0. The number of benzene rings is 2. The van der Waals surface area contributed by atoms with Crippen molar-refractivity contribution < 1.29 is 23.9 Å². The normalized spacial score (nSPS) is 11.6. The fourth-order valence-corrected chi connectivity index (χ4v) is 3.77. The molecule has 29 heavy (non-hydrogen) atoms. The zero-order valence-corrected chi connectivity index (χ0v) is 16.9. The highest BCUT2D eigenvalue weighted by atomic mass is 32.1. The number of hydrogen-bond acceptors (Lipinski definition) is 7. The molecule has 0 N–H and O–H groups in total. The van der Waals surface area contributed by atoms with Crippen LogP contribution in [-0.4, -0.2) is 43.3 Å². The number of rotatable bonds is 7. The Morgan fingerprint density at radius 1 is 1.14 bits per heavy atom. The quantitative estimate of drug-likeness (QED) is 0.432. The molecule has 3 rings (SSSR count). The predicted octanol–water partition coefficient (Wildman–Crippen LogP) is 3.02. The molecular weight excluding hydrogens is 398 g/mol. The van der Waals surface area contributed by atoms with Crippen molar-refractivity contribution in [3.05, 3.63) is 56.9 Å². The van der Waals surface area contributed by atoms with Gasteiger partial charge in [-0.1, -0.05) is 11.3 Å². The van der Waals surface area contributed by atoms with Gasteiger partial charge in [-0.05, 0) is 18.2 Å². The molecule has 1 aromatic heterocycles. The number of methoxy groups -OCH3 is 3. The highest BCUT2D eigenvalue weighted by Crippen LogP contribution is 2.25. The van der Waals surface area contributed by atoms with Gasteiger partial charge in [-0.25, -0.2) is 0 Å². The van der Waals surface area contributed by atoms with E-state index in [0.717, 1.165) is 4.70 Å². The van der Waals surface area contributed by atoms with Gasteiger partial charge in [-0.3, -0.25) is 14.9 Å². The number of fused-ring (bicyclic) bond motifs is 1. The number of ether oxygens (including phenoxy) is 3. The first kappa shape index (κ1) is 20.5. The molecule has 0 aliphatic carbocycles. The van der Waals surface area contributed by atoms with E-state index < -0.39 is 10.8 Å². The first-order chi connectivity index (χ1) is 14.0. The lowest BCUT2D eigenvalue weighted by Gasteiger charge is -2.06. The van der Waals surface area contributed by atoms with Crippen molar-refractivity contribution in [1.82, 2.24) is 4.57 Å². The molecule has 0 aliphatic heterocycles. The summed E-state index contributed by atoms with van der Waals surface area (Å²) < 4.78 is 18.1. The molecule has 0 saturated carbocycles. The van der Waals surface area contributed by atoms with Crippen LogP contribution in [0.1, 0.15) is 10.4 Å². The average molecular weight is 417 g/mol. The third-order valence-corrected chi connectivity index (χ3v) is 5.25. The Balaban J connectivity index is 2.13. The van der Waals surface area contributed by atoms with Crippen LogP contribution in [0.15, 0.2) is 41.4 Å². The zero-order valence-electron chi connectivity index (χ0n) is 16.1. The summed E-state index contributed by atoms with van der Waals surface area (Å²) in [5.41, 5.74) is 0.899. The fourth-order valence-electron chi connectivity index (χ4n) is 2.74. The van der Waals surface area contributed by atoms with Crippen LogP contribution < -0.4 is 14.3 Å². The monoisotopic (exact) mass is 417 g/mol. The van der Waals surface area contributed by atoms with E-state index in [0.29, 0.717) is 40.5 Å². The minimum Gasteiger partial charge on any atom is -0.497 e. The number of carbonyl (C=O) groups excluding carboxylic acids is 1. The number of aromatic nitrogens is 1. The first-order valence-electron chi connectivity index (χ1n) is 8.55. The molecule has 1 heterocycles. The number of nitro benzene ring substituents is 1. The molecule has 3 aromatic rings. The maximum Gasteiger partial charge on any atom is 0.279 e. The number of nitro groups is 1. The number of non-ortho nitro benzene ring substituents is 1. The van der Waals surface area contributed by atoms with Crippen molar-refractivity contribution in [2.75, 3.05) is 27.9 Å². The van der Waals surface area contributed by atoms with Crippen molar-refractivity contribution in [2.45, 2.75) is 6.54 Å². The summed E-state index contributed by atoms with van der Waals surface area (Å²) in [4.78, 5) is 28.2. The maximum atomic E-state index is 12.8. The van der Waals surface area contributed by atoms with Crippen LogP contribution in [0, 0.1) is 10.1 Å². The maximum absolute atomic E-state index is 12.8. The highest BCUT2D eigenvalue weighted by Gasteiger charge is 2.14. The minimum absolute atomic E-state index is 0.0307. The lowest BCUT2D eigenvalue weighted by atomic mass is 10.2. The molecule has 0 radical (unpaired) electrons. The Hall–Kier alpha value is -3.24. The second-order valence-electron chi connectivity index (χ2n) is 5.96. The molecule has 0 bridgehead atoms. The van der Waals surface area contributed by atoms with E-state index >= 15 is 0 Å². The van der Waals surface area contributed by atoms with Crippen LogP contribution in [0.4, 0.5) is 5.69 Å². The van der Waals surface area contributed by atoms with Crippen molar-refractivity contribution in [3.8, 4) is 11.5 Å². The first-order valence-corrected chi connectivity index (χ1v) is 9.37. The van der Waals surface area contributed by atoms with Gasteiger partial charge in [0.05, 0.1) is 36.0 Å². The standard InChI is InChI=1S/C19H19N3O6S/c1-26-7-6-21-16-10-13(22(24)25)4-5-17(16)29-19(21)20-18(23)12-8-14(27-2)11-15(9-12)28-3/h4-5,8-11H,6-7H2,1-3H3. The smallest absolute Gasteiger partial charge is 0.279 e. The summed E-state index contributed by atoms with van der Waals surface area (Å²) >= 11 is 1.27. The van der Waals surface area contributed by atoms with E-state index in [4.69, 9.17) is 14.2 Å². The third kappa shape index (κ3) is 4.44. The van der Waals surface area contributed by atoms with Gasteiger partial charge in [0.2, 0.25) is 0 Å². The fraction of sp³-hybridized carbons (Fsp3) is 0.263. The van der Waals surface area contributed by atoms with Crippen LogP contribution in [0.25, 0.3) is 10.2 Å². The third-order valence-electron chi connectivity index (χ3n) is 4.19. The van der Waals surface area contributed by atoms with Crippen molar-refractivity contribution >= 4 is 33.1 Å². The predicted molar refractivity (Wildman–Crippen MR) is 108 cm³/mol. The van der Waals surface area contributed by atoms with E-state index in [2.05, 4.69) is 4.99 Å². The summed E-state index contributed by atoms with van der Waals surface area (Å²) in [6.45, 7) is 0.758. The molecule has 0 atom stereocenters. The minimum atomic E-state index is -0.477. The number of thiazole rings is 1. The van der Waals surface area contributed by atoms with Gasteiger partial charge in [-0.15, -0.1) is 0 Å². The zero-order chi connectivity index (χ0) is 21.0. The second kappa shape index (κ2) is 8.84. The Bertz CT molecular complexity index is 1110. The summed E-state index contributed by atoms with van der Waals surface area (Å²) in [5, 5.41) is 11.1. The Morgan fingerprint density at radius 2 is 1.83 bits per heavy atom. The molecule has 152 valence electrons. The summed E-state index contributed by atoms with van der Waals surface area (Å²) in [7, 11) is 4.55. The van der Waals surface area contributed by atoms with Crippen molar-refractivity contribution in [3.63, 3.8) is 0 Å². The summed E-state index contributed by atoms with van der Waals surface area (Å²) in [5.74, 6) is 0.471. The van der Waals surface area contributed by atoms with E-state index in [1.165, 1.54) is 37.7 Å². The molecule has 0 saturated heterocycles. The molecule has 0 unspecified atom stereocenters. The molecule has 0 aliphatic rings. The van der Waals surface area contributed by atoms with Crippen LogP contribution >= 0.6 is 11.3 Å². The second-order valence-corrected chi connectivity index (χ2v) is 6.97. The van der Waals surface area contributed by atoms with Gasteiger partial charge in [-0.2, -0.15) is 4.99 Å². The van der Waals surface area contributed by atoms with Gasteiger partial charge in [0.1, 0.15) is 11.5 Å². The average Bonchev–Trinajstić information content (AvgIpc) is 3.07.